The highest BCUT2D eigenvalue weighted by atomic mass is 127. The van der Waals surface area contributed by atoms with Crippen molar-refractivity contribution in [2.24, 2.45) is 4.99 Å². The first kappa shape index (κ1) is 23.4. The summed E-state index contributed by atoms with van der Waals surface area (Å²) in [6.07, 6.45) is 3.74. The molecule has 0 bridgehead atoms. The fraction of sp³-hybridized carbons (Fsp3) is 0.600. The van der Waals surface area contributed by atoms with Crippen LogP contribution in [0.2, 0.25) is 5.15 Å². The van der Waals surface area contributed by atoms with Crippen molar-refractivity contribution < 1.29 is 8.42 Å². The lowest BCUT2D eigenvalue weighted by atomic mass is 10.2. The summed E-state index contributed by atoms with van der Waals surface area (Å²) < 4.78 is 22.6. The number of aliphatic imine (C=N–C) groups is 1. The van der Waals surface area contributed by atoms with Crippen molar-refractivity contribution in [1.82, 2.24) is 15.6 Å². The summed E-state index contributed by atoms with van der Waals surface area (Å²) in [5.74, 6) is 0.603. The molecule has 0 aromatic carbocycles. The van der Waals surface area contributed by atoms with Crippen LogP contribution in [0.25, 0.3) is 0 Å². The molecule has 0 aliphatic rings. The molecule has 138 valence electrons. The summed E-state index contributed by atoms with van der Waals surface area (Å²) in [5, 5.41) is 6.77. The fourth-order valence-corrected chi connectivity index (χ4v) is 2.02. The third-order valence-corrected chi connectivity index (χ3v) is 5.82. The molecule has 0 fully saturated rings. The second kappa shape index (κ2) is 10.4. The maximum Gasteiger partial charge on any atom is 0.191 e. The summed E-state index contributed by atoms with van der Waals surface area (Å²) in [4.78, 5) is 8.41. The highest BCUT2D eigenvalue weighted by Crippen LogP contribution is 2.15. The van der Waals surface area contributed by atoms with E-state index in [0.717, 1.165) is 12.0 Å². The molecule has 6 nitrogen and oxygen atoms in total. The van der Waals surface area contributed by atoms with E-state index in [1.165, 1.54) is 6.26 Å². The van der Waals surface area contributed by atoms with Gasteiger partial charge >= 0.3 is 0 Å². The minimum absolute atomic E-state index is 0. The van der Waals surface area contributed by atoms with Crippen molar-refractivity contribution in [1.29, 1.82) is 0 Å². The lowest BCUT2D eigenvalue weighted by molar-refractivity contribution is 0.554. The normalized spacial score (nSPS) is 12.5. The minimum atomic E-state index is -3.16. The summed E-state index contributed by atoms with van der Waals surface area (Å²) in [6.45, 7) is 6.87. The van der Waals surface area contributed by atoms with Gasteiger partial charge in [-0.1, -0.05) is 17.7 Å². The van der Waals surface area contributed by atoms with Crippen molar-refractivity contribution in [3.8, 4) is 0 Å². The number of guanidine groups is 1. The first-order chi connectivity index (χ1) is 10.7. The van der Waals surface area contributed by atoms with Gasteiger partial charge < -0.3 is 10.6 Å². The number of aromatic nitrogens is 1. The average molecular weight is 489 g/mol. The Hall–Kier alpha value is -0.610. The first-order valence-electron chi connectivity index (χ1n) is 7.48. The van der Waals surface area contributed by atoms with Crippen LogP contribution in [-0.2, 0) is 16.3 Å². The van der Waals surface area contributed by atoms with Crippen LogP contribution in [0.15, 0.2) is 23.3 Å². The topological polar surface area (TPSA) is 83.5 Å². The summed E-state index contributed by atoms with van der Waals surface area (Å²) in [6, 6.07) is 3.68. The van der Waals surface area contributed by atoms with Crippen LogP contribution in [-0.4, -0.2) is 50.0 Å². The van der Waals surface area contributed by atoms with Crippen LogP contribution in [0.4, 0.5) is 0 Å². The Morgan fingerprint density at radius 2 is 2.00 bits per heavy atom. The third-order valence-electron chi connectivity index (χ3n) is 3.46. The Balaban J connectivity index is 0.00000529. The first-order valence-corrected chi connectivity index (χ1v) is 9.75. The highest BCUT2D eigenvalue weighted by Gasteiger charge is 2.29. The Morgan fingerprint density at radius 1 is 1.33 bits per heavy atom. The molecule has 1 rings (SSSR count). The Kier molecular flexibility index (Phi) is 10.1. The molecule has 0 amide bonds. The molecule has 24 heavy (non-hydrogen) atoms. The second-order valence-corrected chi connectivity index (χ2v) is 8.93. The van der Waals surface area contributed by atoms with E-state index in [1.54, 1.807) is 26.1 Å². The SMILES string of the molecule is CCNC(=NCC(C)(C)S(C)(=O)=O)NCCc1ccc(Cl)nc1.I. The van der Waals surface area contributed by atoms with Gasteiger partial charge in [-0.3, -0.25) is 4.99 Å². The van der Waals surface area contributed by atoms with Gasteiger partial charge in [0.1, 0.15) is 5.15 Å². The van der Waals surface area contributed by atoms with Crippen molar-refractivity contribution in [2.45, 2.75) is 31.9 Å². The van der Waals surface area contributed by atoms with E-state index in [-0.39, 0.29) is 30.5 Å². The zero-order chi connectivity index (χ0) is 17.5. The molecule has 1 heterocycles. The molecule has 0 aliphatic heterocycles. The lowest BCUT2D eigenvalue weighted by Gasteiger charge is -2.21. The molecule has 0 saturated heterocycles. The van der Waals surface area contributed by atoms with E-state index in [0.29, 0.717) is 24.2 Å². The number of halogens is 2. The van der Waals surface area contributed by atoms with Crippen molar-refractivity contribution in [3.63, 3.8) is 0 Å². The number of rotatable bonds is 7. The molecular weight excluding hydrogens is 463 g/mol. The molecular formula is C15H26ClIN4O2S. The van der Waals surface area contributed by atoms with Gasteiger partial charge in [-0.15, -0.1) is 24.0 Å². The molecule has 0 saturated carbocycles. The van der Waals surface area contributed by atoms with Crippen LogP contribution in [0, 0.1) is 0 Å². The van der Waals surface area contributed by atoms with Gasteiger partial charge in [0.2, 0.25) is 0 Å². The molecule has 0 aliphatic carbocycles. The van der Waals surface area contributed by atoms with Crippen LogP contribution in [0.1, 0.15) is 26.3 Å². The van der Waals surface area contributed by atoms with E-state index in [9.17, 15) is 8.42 Å². The van der Waals surface area contributed by atoms with E-state index >= 15 is 0 Å². The third kappa shape index (κ3) is 7.98. The number of hydrogen-bond acceptors (Lipinski definition) is 4. The Morgan fingerprint density at radius 3 is 2.50 bits per heavy atom. The largest absolute Gasteiger partial charge is 0.357 e. The monoisotopic (exact) mass is 488 g/mol. The zero-order valence-electron chi connectivity index (χ0n) is 14.5. The summed E-state index contributed by atoms with van der Waals surface area (Å²) in [7, 11) is -3.16. The molecule has 0 atom stereocenters. The van der Waals surface area contributed by atoms with Gasteiger partial charge in [-0.25, -0.2) is 13.4 Å². The van der Waals surface area contributed by atoms with Crippen molar-refractivity contribution >= 4 is 51.4 Å². The molecule has 0 radical (unpaired) electrons. The van der Waals surface area contributed by atoms with E-state index in [2.05, 4.69) is 20.6 Å². The lowest BCUT2D eigenvalue weighted by Crippen LogP contribution is -2.41. The highest BCUT2D eigenvalue weighted by molar-refractivity contribution is 14.0. The molecule has 0 unspecified atom stereocenters. The summed E-state index contributed by atoms with van der Waals surface area (Å²) >= 11 is 5.75. The molecule has 1 aromatic rings. The van der Waals surface area contributed by atoms with Gasteiger partial charge in [-0.2, -0.15) is 0 Å². The predicted octanol–water partition coefficient (Wildman–Crippen LogP) is 2.27. The van der Waals surface area contributed by atoms with Gasteiger partial charge in [0.25, 0.3) is 0 Å². The predicted molar refractivity (Wildman–Crippen MR) is 111 cm³/mol. The molecule has 2 N–H and O–H groups in total. The van der Waals surface area contributed by atoms with E-state index in [4.69, 9.17) is 11.6 Å². The van der Waals surface area contributed by atoms with Crippen LogP contribution >= 0.6 is 35.6 Å². The zero-order valence-corrected chi connectivity index (χ0v) is 18.4. The van der Waals surface area contributed by atoms with Gasteiger partial charge in [0, 0.05) is 25.5 Å². The van der Waals surface area contributed by atoms with Crippen molar-refractivity contribution in [2.75, 3.05) is 25.9 Å². The van der Waals surface area contributed by atoms with Crippen LogP contribution in [0.5, 0.6) is 0 Å². The van der Waals surface area contributed by atoms with E-state index in [1.807, 2.05) is 13.0 Å². The summed E-state index contributed by atoms with van der Waals surface area (Å²) in [5.41, 5.74) is 1.06. The molecule has 1 aromatic heterocycles. The quantitative estimate of drug-likeness (QED) is 0.266. The van der Waals surface area contributed by atoms with Gasteiger partial charge in [0.05, 0.1) is 11.3 Å². The number of nitrogens with zero attached hydrogens (tertiary/aromatic N) is 2. The van der Waals surface area contributed by atoms with Crippen LogP contribution in [0.3, 0.4) is 0 Å². The van der Waals surface area contributed by atoms with E-state index < -0.39 is 14.6 Å². The number of nitrogens with one attached hydrogen (secondary N) is 2. The number of sulfone groups is 1. The molecule has 9 heteroatoms. The fourth-order valence-electron chi connectivity index (χ4n) is 1.61. The average Bonchev–Trinajstić information content (AvgIpc) is 2.45. The Bertz CT molecular complexity index is 633. The Labute approximate surface area is 166 Å². The minimum Gasteiger partial charge on any atom is -0.357 e. The van der Waals surface area contributed by atoms with Gasteiger partial charge in [0.15, 0.2) is 15.8 Å². The maximum atomic E-state index is 11.7. The number of pyridine rings is 1. The maximum absolute atomic E-state index is 11.7. The van der Waals surface area contributed by atoms with Crippen LogP contribution < -0.4 is 10.6 Å². The van der Waals surface area contributed by atoms with Gasteiger partial charge in [-0.05, 0) is 38.8 Å². The number of hydrogen-bond donors (Lipinski definition) is 2. The standard InChI is InChI=1S/C15H25ClN4O2S.HI/c1-5-17-14(20-11-15(2,3)23(4,21)22)18-9-8-12-6-7-13(16)19-10-12;/h6-7,10H,5,8-9,11H2,1-4H3,(H2,17,18,20);1H. The molecule has 0 spiro atoms. The smallest absolute Gasteiger partial charge is 0.191 e. The second-order valence-electron chi connectivity index (χ2n) is 5.89. The van der Waals surface area contributed by atoms with Crippen molar-refractivity contribution in [3.05, 3.63) is 29.0 Å².